The summed E-state index contributed by atoms with van der Waals surface area (Å²) in [5, 5.41) is 9.19. The summed E-state index contributed by atoms with van der Waals surface area (Å²) in [7, 11) is 0. The highest BCUT2D eigenvalue weighted by Crippen LogP contribution is 2.40. The fourth-order valence-corrected chi connectivity index (χ4v) is 3.83. The molecule has 0 saturated carbocycles. The first kappa shape index (κ1) is 24.1. The van der Waals surface area contributed by atoms with Crippen molar-refractivity contribution in [1.82, 2.24) is 10.6 Å². The van der Waals surface area contributed by atoms with Crippen molar-refractivity contribution in [3.63, 3.8) is 0 Å². The van der Waals surface area contributed by atoms with E-state index >= 15 is 0 Å². The van der Waals surface area contributed by atoms with Gasteiger partial charge in [-0.1, -0.05) is 54.9 Å². The number of carbonyl (C=O) groups excluding carboxylic acids is 2. The van der Waals surface area contributed by atoms with Crippen molar-refractivity contribution >= 4 is 41.2 Å². The monoisotopic (exact) mass is 453 g/mol. The minimum absolute atomic E-state index is 0.0769. The van der Waals surface area contributed by atoms with Crippen LogP contribution in [0.4, 0.5) is 10.1 Å². The first-order valence-corrected chi connectivity index (χ1v) is 10.5. The Morgan fingerprint density at radius 1 is 1.43 bits per heavy atom. The van der Waals surface area contributed by atoms with Crippen LogP contribution in [0.25, 0.3) is 0 Å². The maximum absolute atomic E-state index is 14.2. The average Bonchev–Trinajstić information content (AvgIpc) is 3.15. The molecule has 162 valence electrons. The van der Waals surface area contributed by atoms with Gasteiger partial charge in [0.05, 0.1) is 11.1 Å². The van der Waals surface area contributed by atoms with Crippen molar-refractivity contribution in [3.8, 4) is 0 Å². The second-order valence-corrected chi connectivity index (χ2v) is 7.83. The molecule has 3 N–H and O–H groups in total. The van der Waals surface area contributed by atoms with Crippen LogP contribution >= 0.6 is 23.2 Å². The first-order chi connectivity index (χ1) is 14.4. The molecule has 8 heteroatoms. The number of allylic oxidation sites excluding steroid dienone is 5. The van der Waals surface area contributed by atoms with Crippen molar-refractivity contribution in [1.29, 1.82) is 0 Å². The van der Waals surface area contributed by atoms with E-state index in [0.717, 1.165) is 6.42 Å². The molecule has 0 unspecified atom stereocenters. The number of carbonyl (C=O) groups is 2. The van der Waals surface area contributed by atoms with E-state index in [-0.39, 0.29) is 22.8 Å². The molecule has 1 aliphatic heterocycles. The third-order valence-electron chi connectivity index (χ3n) is 5.04. The van der Waals surface area contributed by atoms with Gasteiger partial charge in [-0.25, -0.2) is 4.39 Å². The van der Waals surface area contributed by atoms with Gasteiger partial charge < -0.3 is 16.0 Å². The minimum Gasteiger partial charge on any atom is -0.355 e. The fraction of sp³-hybridized carbons (Fsp3) is 0.364. The molecule has 1 saturated heterocycles. The van der Waals surface area contributed by atoms with Crippen LogP contribution < -0.4 is 16.0 Å². The van der Waals surface area contributed by atoms with Crippen LogP contribution in [-0.2, 0) is 9.59 Å². The fourth-order valence-electron chi connectivity index (χ4n) is 3.60. The Kier molecular flexibility index (Phi) is 9.56. The van der Waals surface area contributed by atoms with Crippen LogP contribution in [0.2, 0.25) is 5.02 Å². The molecule has 30 heavy (non-hydrogen) atoms. The van der Waals surface area contributed by atoms with Crippen LogP contribution in [0.5, 0.6) is 0 Å². The summed E-state index contributed by atoms with van der Waals surface area (Å²) in [5.74, 6) is -1.05. The molecule has 0 spiro atoms. The largest absolute Gasteiger partial charge is 0.355 e. The summed E-state index contributed by atoms with van der Waals surface area (Å²) < 4.78 is 14.2. The summed E-state index contributed by atoms with van der Waals surface area (Å²) in [6, 6.07) is 2.27. The maximum Gasteiger partial charge on any atom is 0.237 e. The van der Waals surface area contributed by atoms with Gasteiger partial charge in [-0.05, 0) is 42.5 Å². The van der Waals surface area contributed by atoms with Gasteiger partial charge in [0.2, 0.25) is 12.3 Å². The Morgan fingerprint density at radius 2 is 2.20 bits per heavy atom. The number of benzene rings is 1. The van der Waals surface area contributed by atoms with E-state index < -0.39 is 11.9 Å². The summed E-state index contributed by atoms with van der Waals surface area (Å²) in [4.78, 5) is 23.7. The predicted molar refractivity (Wildman–Crippen MR) is 120 cm³/mol. The zero-order chi connectivity index (χ0) is 22.1. The lowest BCUT2D eigenvalue weighted by Gasteiger charge is -2.24. The van der Waals surface area contributed by atoms with Gasteiger partial charge in [0, 0.05) is 29.7 Å². The molecule has 0 aromatic heterocycles. The number of anilines is 1. The van der Waals surface area contributed by atoms with Gasteiger partial charge in [-0.2, -0.15) is 0 Å². The Hall–Kier alpha value is -2.15. The van der Waals surface area contributed by atoms with Crippen molar-refractivity contribution in [2.24, 2.45) is 5.92 Å². The van der Waals surface area contributed by atoms with E-state index in [0.29, 0.717) is 42.2 Å². The van der Waals surface area contributed by atoms with E-state index in [1.54, 1.807) is 12.2 Å². The molecule has 2 amide bonds. The molecule has 1 fully saturated rings. The van der Waals surface area contributed by atoms with Gasteiger partial charge in [0.25, 0.3) is 0 Å². The summed E-state index contributed by atoms with van der Waals surface area (Å²) in [5.41, 5.74) is 1.03. The smallest absolute Gasteiger partial charge is 0.237 e. The van der Waals surface area contributed by atoms with Crippen LogP contribution in [-0.4, -0.2) is 31.4 Å². The summed E-state index contributed by atoms with van der Waals surface area (Å²) in [6.07, 6.45) is 8.85. The molecule has 1 aliphatic rings. The molecule has 2 rings (SSSR count). The van der Waals surface area contributed by atoms with Crippen LogP contribution in [0.1, 0.15) is 31.2 Å². The second-order valence-electron chi connectivity index (χ2n) is 6.98. The second kappa shape index (κ2) is 11.9. The van der Waals surface area contributed by atoms with Crippen molar-refractivity contribution < 1.29 is 14.0 Å². The molecule has 1 aromatic carbocycles. The van der Waals surface area contributed by atoms with Gasteiger partial charge in [-0.3, -0.25) is 9.59 Å². The SMILES string of the molecule is C=C/C(Cl)=C\C=C/C[C@H]1[C@H](C(=O)NCCC)NC[C@H]1c1cc(F)c(Cl)cc1NC=O. The van der Waals surface area contributed by atoms with Gasteiger partial charge >= 0.3 is 0 Å². The zero-order valence-corrected chi connectivity index (χ0v) is 18.3. The highest BCUT2D eigenvalue weighted by atomic mass is 35.5. The predicted octanol–water partition coefficient (Wildman–Crippen LogP) is 4.50. The normalized spacial score (nSPS) is 21.6. The van der Waals surface area contributed by atoms with Gasteiger partial charge in [0.15, 0.2) is 0 Å². The number of halogens is 3. The van der Waals surface area contributed by atoms with Crippen molar-refractivity contribution in [2.75, 3.05) is 18.4 Å². The Labute approximate surface area is 186 Å². The van der Waals surface area contributed by atoms with Crippen molar-refractivity contribution in [2.45, 2.75) is 31.7 Å². The molecule has 3 atom stereocenters. The third-order valence-corrected chi connectivity index (χ3v) is 5.61. The maximum atomic E-state index is 14.2. The standard InChI is InChI=1S/C22H26Cl2FN3O2/c1-3-9-26-22(30)21-15(8-6-5-7-14(23)4-2)17(12-27-21)16-10-19(25)18(24)11-20(16)28-13-29/h4-7,10-11,13,15,17,21,27H,2-3,8-9,12H2,1H3,(H,26,30)(H,28,29)/b6-5-,14-7+/t15-,17-,21-/m1/s1. The van der Waals surface area contributed by atoms with E-state index in [4.69, 9.17) is 23.2 Å². The van der Waals surface area contributed by atoms with E-state index in [2.05, 4.69) is 22.5 Å². The number of amides is 2. The zero-order valence-electron chi connectivity index (χ0n) is 16.8. The minimum atomic E-state index is -0.572. The Balaban J connectivity index is 2.36. The summed E-state index contributed by atoms with van der Waals surface area (Å²) in [6.45, 7) is 6.61. The van der Waals surface area contributed by atoms with Crippen molar-refractivity contribution in [3.05, 3.63) is 64.5 Å². The van der Waals surface area contributed by atoms with Crippen LogP contribution in [0, 0.1) is 11.7 Å². The van der Waals surface area contributed by atoms with E-state index in [1.165, 1.54) is 18.2 Å². The average molecular weight is 454 g/mol. The molecular formula is C22H26Cl2FN3O2. The molecule has 0 radical (unpaired) electrons. The van der Waals surface area contributed by atoms with Gasteiger partial charge in [-0.15, -0.1) is 0 Å². The lowest BCUT2D eigenvalue weighted by Crippen LogP contribution is -2.44. The van der Waals surface area contributed by atoms with E-state index in [9.17, 15) is 14.0 Å². The lowest BCUT2D eigenvalue weighted by molar-refractivity contribution is -0.123. The first-order valence-electron chi connectivity index (χ1n) is 9.77. The molecule has 0 bridgehead atoms. The Bertz CT molecular complexity index is 842. The van der Waals surface area contributed by atoms with Crippen LogP contribution in [0.15, 0.2) is 48.0 Å². The molecule has 5 nitrogen and oxygen atoms in total. The molecule has 1 aromatic rings. The third kappa shape index (κ3) is 6.17. The number of hydrogen-bond acceptors (Lipinski definition) is 3. The number of rotatable bonds is 10. The molecule has 0 aliphatic carbocycles. The van der Waals surface area contributed by atoms with E-state index in [1.807, 2.05) is 13.0 Å². The topological polar surface area (TPSA) is 70.2 Å². The summed E-state index contributed by atoms with van der Waals surface area (Å²) >= 11 is 11.8. The Morgan fingerprint density at radius 3 is 2.87 bits per heavy atom. The molecular weight excluding hydrogens is 428 g/mol. The molecule has 1 heterocycles. The highest BCUT2D eigenvalue weighted by Gasteiger charge is 2.40. The lowest BCUT2D eigenvalue weighted by atomic mass is 9.81. The van der Waals surface area contributed by atoms with Crippen LogP contribution in [0.3, 0.4) is 0 Å². The highest BCUT2D eigenvalue weighted by molar-refractivity contribution is 6.31. The van der Waals surface area contributed by atoms with Gasteiger partial charge in [0.1, 0.15) is 5.82 Å². The number of nitrogens with one attached hydrogen (secondary N) is 3. The number of hydrogen-bond donors (Lipinski definition) is 3. The quantitative estimate of drug-likeness (QED) is 0.360.